The number of rotatable bonds is 6. The standard InChI is InChI=1S/C17H28N2O/c1-14(13-16-3-5-17(20-2)6-4-16)19-11-8-15(7-10-18)9-12-19/h3-6,14-15H,7-13,18H2,1-2H3. The Morgan fingerprint density at radius 2 is 1.90 bits per heavy atom. The molecule has 0 spiro atoms. The normalized spacial score (nSPS) is 18.9. The van der Waals surface area contributed by atoms with E-state index in [1.165, 1.54) is 37.9 Å². The topological polar surface area (TPSA) is 38.5 Å². The summed E-state index contributed by atoms with van der Waals surface area (Å²) in [6.07, 6.45) is 4.93. The molecule has 20 heavy (non-hydrogen) atoms. The molecule has 0 aromatic heterocycles. The van der Waals surface area contributed by atoms with Crippen LogP contribution in [0.2, 0.25) is 0 Å². The first-order valence-electron chi connectivity index (χ1n) is 7.80. The lowest BCUT2D eigenvalue weighted by Gasteiger charge is -2.36. The third kappa shape index (κ3) is 4.22. The fourth-order valence-electron chi connectivity index (χ4n) is 3.15. The number of hydrogen-bond donors (Lipinski definition) is 1. The molecular weight excluding hydrogens is 248 g/mol. The second kappa shape index (κ2) is 7.65. The summed E-state index contributed by atoms with van der Waals surface area (Å²) in [4.78, 5) is 2.62. The maximum Gasteiger partial charge on any atom is 0.118 e. The number of ether oxygens (including phenoxy) is 1. The number of nitrogens with two attached hydrogens (primary N) is 1. The van der Waals surface area contributed by atoms with Crippen molar-refractivity contribution in [2.24, 2.45) is 11.7 Å². The van der Waals surface area contributed by atoms with Crippen LogP contribution in [-0.2, 0) is 6.42 Å². The third-order valence-electron chi connectivity index (χ3n) is 4.54. The lowest BCUT2D eigenvalue weighted by molar-refractivity contribution is 0.137. The summed E-state index contributed by atoms with van der Waals surface area (Å²) in [6.45, 7) is 5.63. The molecule has 112 valence electrons. The van der Waals surface area contributed by atoms with Gasteiger partial charge in [0.05, 0.1) is 7.11 Å². The molecule has 2 N–H and O–H groups in total. The highest BCUT2D eigenvalue weighted by Gasteiger charge is 2.22. The maximum atomic E-state index is 5.66. The summed E-state index contributed by atoms with van der Waals surface area (Å²) in [7, 11) is 1.71. The first-order chi connectivity index (χ1) is 9.72. The van der Waals surface area contributed by atoms with Crippen molar-refractivity contribution in [3.8, 4) is 5.75 Å². The third-order valence-corrected chi connectivity index (χ3v) is 4.54. The number of nitrogens with zero attached hydrogens (tertiary/aromatic N) is 1. The molecule has 0 bridgehead atoms. The van der Waals surface area contributed by atoms with E-state index in [9.17, 15) is 0 Å². The monoisotopic (exact) mass is 276 g/mol. The van der Waals surface area contributed by atoms with E-state index >= 15 is 0 Å². The summed E-state index contributed by atoms with van der Waals surface area (Å²) >= 11 is 0. The summed E-state index contributed by atoms with van der Waals surface area (Å²) < 4.78 is 5.20. The molecule has 0 saturated carbocycles. The molecule has 3 nitrogen and oxygen atoms in total. The fraction of sp³-hybridized carbons (Fsp3) is 0.647. The molecule has 1 unspecified atom stereocenters. The van der Waals surface area contributed by atoms with Crippen molar-refractivity contribution in [2.75, 3.05) is 26.7 Å². The zero-order chi connectivity index (χ0) is 14.4. The zero-order valence-electron chi connectivity index (χ0n) is 12.8. The number of hydrogen-bond acceptors (Lipinski definition) is 3. The van der Waals surface area contributed by atoms with Crippen LogP contribution in [0.4, 0.5) is 0 Å². The van der Waals surface area contributed by atoms with Crippen molar-refractivity contribution in [2.45, 2.75) is 38.6 Å². The van der Waals surface area contributed by atoms with Crippen molar-refractivity contribution in [1.82, 2.24) is 4.90 Å². The van der Waals surface area contributed by atoms with Gasteiger partial charge in [0.15, 0.2) is 0 Å². The summed E-state index contributed by atoms with van der Waals surface area (Å²) in [5.74, 6) is 1.79. The molecule has 1 heterocycles. The van der Waals surface area contributed by atoms with Gasteiger partial charge < -0.3 is 15.4 Å². The number of benzene rings is 1. The average molecular weight is 276 g/mol. The van der Waals surface area contributed by atoms with E-state index in [0.29, 0.717) is 6.04 Å². The highest BCUT2D eigenvalue weighted by atomic mass is 16.5. The second-order valence-electron chi connectivity index (χ2n) is 5.96. The van der Waals surface area contributed by atoms with Crippen molar-refractivity contribution in [3.63, 3.8) is 0 Å². The minimum atomic E-state index is 0.613. The van der Waals surface area contributed by atoms with Crippen LogP contribution in [0, 0.1) is 5.92 Å². The van der Waals surface area contributed by atoms with Crippen molar-refractivity contribution < 1.29 is 4.74 Å². The van der Waals surface area contributed by atoms with Crippen molar-refractivity contribution >= 4 is 0 Å². The molecule has 1 saturated heterocycles. The van der Waals surface area contributed by atoms with Gasteiger partial charge in [-0.1, -0.05) is 12.1 Å². The lowest BCUT2D eigenvalue weighted by atomic mass is 9.92. The van der Waals surface area contributed by atoms with E-state index in [1.807, 2.05) is 0 Å². The Hall–Kier alpha value is -1.06. The van der Waals surface area contributed by atoms with Gasteiger partial charge in [0.1, 0.15) is 5.75 Å². The largest absolute Gasteiger partial charge is 0.497 e. The number of likely N-dealkylation sites (tertiary alicyclic amines) is 1. The molecule has 3 heteroatoms. The van der Waals surface area contributed by atoms with E-state index in [0.717, 1.165) is 24.6 Å². The average Bonchev–Trinajstić information content (AvgIpc) is 2.49. The Morgan fingerprint density at radius 3 is 2.45 bits per heavy atom. The SMILES string of the molecule is COc1ccc(CC(C)N2CCC(CCN)CC2)cc1. The molecule has 1 aromatic rings. The molecule has 0 amide bonds. The van der Waals surface area contributed by atoms with Crippen LogP contribution in [0.5, 0.6) is 5.75 Å². The molecule has 1 fully saturated rings. The van der Waals surface area contributed by atoms with Gasteiger partial charge in [0, 0.05) is 6.04 Å². The van der Waals surface area contributed by atoms with E-state index in [1.54, 1.807) is 7.11 Å². The number of methoxy groups -OCH3 is 1. The van der Waals surface area contributed by atoms with Gasteiger partial charge in [-0.05, 0) is 75.9 Å². The van der Waals surface area contributed by atoms with Gasteiger partial charge in [0.25, 0.3) is 0 Å². The quantitative estimate of drug-likeness (QED) is 0.868. The van der Waals surface area contributed by atoms with E-state index < -0.39 is 0 Å². The zero-order valence-corrected chi connectivity index (χ0v) is 12.8. The van der Waals surface area contributed by atoms with Crippen LogP contribution in [0.3, 0.4) is 0 Å². The van der Waals surface area contributed by atoms with E-state index in [-0.39, 0.29) is 0 Å². The van der Waals surface area contributed by atoms with Crippen LogP contribution < -0.4 is 10.5 Å². The molecule has 2 rings (SSSR count). The maximum absolute atomic E-state index is 5.66. The minimum absolute atomic E-state index is 0.613. The molecule has 1 atom stereocenters. The predicted molar refractivity (Wildman–Crippen MR) is 84.1 cm³/mol. The van der Waals surface area contributed by atoms with E-state index in [4.69, 9.17) is 10.5 Å². The first-order valence-corrected chi connectivity index (χ1v) is 7.80. The Labute approximate surface area is 123 Å². The Kier molecular flexibility index (Phi) is 5.86. The van der Waals surface area contributed by atoms with Gasteiger partial charge in [-0.25, -0.2) is 0 Å². The van der Waals surface area contributed by atoms with E-state index in [2.05, 4.69) is 36.1 Å². The number of piperidine rings is 1. The molecule has 1 aliphatic rings. The van der Waals surface area contributed by atoms with Gasteiger partial charge in [-0.3, -0.25) is 0 Å². The summed E-state index contributed by atoms with van der Waals surface area (Å²) in [6, 6.07) is 9.07. The Balaban J connectivity index is 1.81. The van der Waals surface area contributed by atoms with Gasteiger partial charge >= 0.3 is 0 Å². The fourth-order valence-corrected chi connectivity index (χ4v) is 3.15. The molecule has 1 aromatic carbocycles. The molecule has 1 aliphatic heterocycles. The van der Waals surface area contributed by atoms with Gasteiger partial charge in [-0.2, -0.15) is 0 Å². The smallest absolute Gasteiger partial charge is 0.118 e. The molecular formula is C17H28N2O. The second-order valence-corrected chi connectivity index (χ2v) is 5.96. The first kappa shape index (κ1) is 15.3. The van der Waals surface area contributed by atoms with Crippen LogP contribution in [0.25, 0.3) is 0 Å². The van der Waals surface area contributed by atoms with Gasteiger partial charge in [0.2, 0.25) is 0 Å². The van der Waals surface area contributed by atoms with Crippen molar-refractivity contribution in [3.05, 3.63) is 29.8 Å². The lowest BCUT2D eigenvalue weighted by Crippen LogP contribution is -2.41. The predicted octanol–water partition coefficient (Wildman–Crippen LogP) is 2.69. The summed E-state index contributed by atoms with van der Waals surface area (Å²) in [5.41, 5.74) is 7.05. The van der Waals surface area contributed by atoms with Crippen LogP contribution in [0.15, 0.2) is 24.3 Å². The minimum Gasteiger partial charge on any atom is -0.497 e. The summed E-state index contributed by atoms with van der Waals surface area (Å²) in [5, 5.41) is 0. The van der Waals surface area contributed by atoms with Crippen LogP contribution in [-0.4, -0.2) is 37.7 Å². The van der Waals surface area contributed by atoms with Crippen molar-refractivity contribution in [1.29, 1.82) is 0 Å². The van der Waals surface area contributed by atoms with Gasteiger partial charge in [-0.15, -0.1) is 0 Å². The molecule has 0 radical (unpaired) electrons. The highest BCUT2D eigenvalue weighted by molar-refractivity contribution is 5.27. The molecule has 0 aliphatic carbocycles. The van der Waals surface area contributed by atoms with Crippen LogP contribution >= 0.6 is 0 Å². The highest BCUT2D eigenvalue weighted by Crippen LogP contribution is 2.22. The van der Waals surface area contributed by atoms with Crippen LogP contribution in [0.1, 0.15) is 31.7 Å². The Bertz CT molecular complexity index is 382. The Morgan fingerprint density at radius 1 is 1.25 bits per heavy atom.